The Bertz CT molecular complexity index is 1210. The van der Waals surface area contributed by atoms with Gasteiger partial charge in [0.05, 0.1) is 5.56 Å². The van der Waals surface area contributed by atoms with Gasteiger partial charge in [-0.05, 0) is 61.1 Å². The van der Waals surface area contributed by atoms with Gasteiger partial charge in [-0.3, -0.25) is 4.79 Å². The van der Waals surface area contributed by atoms with Gasteiger partial charge in [0.25, 0.3) is 5.89 Å². The molecule has 192 valence electrons. The zero-order valence-electron chi connectivity index (χ0n) is 19.6. The Labute approximate surface area is 215 Å². The van der Waals surface area contributed by atoms with Crippen LogP contribution in [0.4, 0.5) is 13.2 Å². The van der Waals surface area contributed by atoms with E-state index in [1.54, 1.807) is 18.2 Å². The Hall–Kier alpha value is -2.72. The number of aliphatic carboxylic acids is 1. The first-order valence-electron chi connectivity index (χ1n) is 12.0. The Morgan fingerprint density at radius 3 is 2.56 bits per heavy atom. The Morgan fingerprint density at radius 1 is 1.11 bits per heavy atom. The smallest absolute Gasteiger partial charge is 0.416 e. The quantitative estimate of drug-likeness (QED) is 0.267. The fourth-order valence-electron chi connectivity index (χ4n) is 4.58. The molecule has 36 heavy (non-hydrogen) atoms. The number of rotatable bonds is 9. The first kappa shape index (κ1) is 26.3. The first-order chi connectivity index (χ1) is 17.2. The van der Waals surface area contributed by atoms with Crippen LogP contribution in [-0.4, -0.2) is 27.8 Å². The second kappa shape index (κ2) is 11.6. The standard InChI is InChI=1S/C26H27BrF3N3O3/c27-22-14-17(8-9-19(22)15-31-12-4-7-23(34)35)24-32-25(36-33-24)18-10-11-20(16-5-2-1-3-6-16)21(13-18)26(28,29)30/h8-11,13-14,16,31H,1-7,12,15H2,(H,34,35). The zero-order valence-corrected chi connectivity index (χ0v) is 21.2. The molecule has 1 heterocycles. The van der Waals surface area contributed by atoms with Gasteiger partial charge in [-0.25, -0.2) is 0 Å². The molecule has 6 nitrogen and oxygen atoms in total. The lowest BCUT2D eigenvalue weighted by atomic mass is 9.81. The van der Waals surface area contributed by atoms with Crippen LogP contribution in [0, 0.1) is 0 Å². The molecule has 1 saturated carbocycles. The molecular formula is C26H27BrF3N3O3. The van der Waals surface area contributed by atoms with Crippen molar-refractivity contribution in [2.75, 3.05) is 6.54 Å². The summed E-state index contributed by atoms with van der Waals surface area (Å²) >= 11 is 3.52. The maximum atomic E-state index is 13.9. The van der Waals surface area contributed by atoms with Crippen LogP contribution in [0.2, 0.25) is 0 Å². The zero-order chi connectivity index (χ0) is 25.7. The van der Waals surface area contributed by atoms with Gasteiger partial charge in [0.1, 0.15) is 0 Å². The molecule has 1 aromatic heterocycles. The highest BCUT2D eigenvalue weighted by Gasteiger charge is 2.36. The van der Waals surface area contributed by atoms with E-state index in [-0.39, 0.29) is 29.6 Å². The van der Waals surface area contributed by atoms with E-state index in [1.165, 1.54) is 0 Å². The molecule has 10 heteroatoms. The number of benzene rings is 2. The molecule has 1 aliphatic carbocycles. The summed E-state index contributed by atoms with van der Waals surface area (Å²) in [5.41, 5.74) is 1.57. The monoisotopic (exact) mass is 565 g/mol. The van der Waals surface area contributed by atoms with Gasteiger partial charge in [0.15, 0.2) is 0 Å². The third-order valence-electron chi connectivity index (χ3n) is 6.45. The molecule has 0 spiro atoms. The van der Waals surface area contributed by atoms with E-state index in [2.05, 4.69) is 31.4 Å². The van der Waals surface area contributed by atoms with Crippen LogP contribution in [0.25, 0.3) is 22.8 Å². The van der Waals surface area contributed by atoms with Crippen molar-refractivity contribution < 1.29 is 27.6 Å². The number of aromatic nitrogens is 2. The summed E-state index contributed by atoms with van der Waals surface area (Å²) in [6.07, 6.45) is 0.702. The number of nitrogens with zero attached hydrogens (tertiary/aromatic N) is 2. The van der Waals surface area contributed by atoms with Crippen LogP contribution in [0.15, 0.2) is 45.4 Å². The molecule has 0 aliphatic heterocycles. The molecule has 1 aliphatic rings. The Balaban J connectivity index is 1.50. The van der Waals surface area contributed by atoms with Gasteiger partial charge in [0.2, 0.25) is 5.82 Å². The normalized spacial score (nSPS) is 14.8. The van der Waals surface area contributed by atoms with Gasteiger partial charge in [-0.1, -0.05) is 58.5 Å². The van der Waals surface area contributed by atoms with Gasteiger partial charge in [-0.15, -0.1) is 0 Å². The number of carboxylic acid groups (broad SMARTS) is 1. The molecule has 4 rings (SSSR count). The molecule has 0 radical (unpaired) electrons. The van der Waals surface area contributed by atoms with Crippen molar-refractivity contribution in [2.45, 2.75) is 63.6 Å². The predicted octanol–water partition coefficient (Wildman–Crippen LogP) is 7.19. The minimum Gasteiger partial charge on any atom is -0.481 e. The van der Waals surface area contributed by atoms with E-state index in [0.717, 1.165) is 48.2 Å². The minimum absolute atomic E-state index is 0.0333. The van der Waals surface area contributed by atoms with Crippen LogP contribution in [0.5, 0.6) is 0 Å². The lowest BCUT2D eigenvalue weighted by Gasteiger charge is -2.25. The third kappa shape index (κ3) is 6.53. The van der Waals surface area contributed by atoms with Crippen LogP contribution >= 0.6 is 15.9 Å². The topological polar surface area (TPSA) is 88.2 Å². The molecule has 1 fully saturated rings. The number of hydrogen-bond acceptors (Lipinski definition) is 5. The maximum Gasteiger partial charge on any atom is 0.416 e. The second-order valence-corrected chi connectivity index (χ2v) is 9.89. The summed E-state index contributed by atoms with van der Waals surface area (Å²) in [4.78, 5) is 14.9. The predicted molar refractivity (Wildman–Crippen MR) is 132 cm³/mol. The first-order valence-corrected chi connectivity index (χ1v) is 12.8. The Morgan fingerprint density at radius 2 is 1.86 bits per heavy atom. The molecular weight excluding hydrogens is 539 g/mol. The van der Waals surface area contributed by atoms with Gasteiger partial charge in [0, 0.05) is 28.6 Å². The van der Waals surface area contributed by atoms with Crippen LogP contribution < -0.4 is 5.32 Å². The number of nitrogens with one attached hydrogen (secondary N) is 1. The van der Waals surface area contributed by atoms with Crippen LogP contribution in [0.1, 0.15) is 67.6 Å². The fraction of sp³-hybridized carbons (Fsp3) is 0.423. The number of halogens is 4. The summed E-state index contributed by atoms with van der Waals surface area (Å²) in [6, 6.07) is 9.81. The number of hydrogen-bond donors (Lipinski definition) is 2. The van der Waals surface area contributed by atoms with Crippen molar-refractivity contribution >= 4 is 21.9 Å². The molecule has 3 aromatic rings. The van der Waals surface area contributed by atoms with Crippen molar-refractivity contribution in [2.24, 2.45) is 0 Å². The Kier molecular flexibility index (Phi) is 8.46. The summed E-state index contributed by atoms with van der Waals surface area (Å²) < 4.78 is 47.9. The molecule has 0 unspecified atom stereocenters. The number of carboxylic acids is 1. The molecule has 2 N–H and O–H groups in total. The highest BCUT2D eigenvalue weighted by molar-refractivity contribution is 9.10. The van der Waals surface area contributed by atoms with Crippen molar-refractivity contribution in [1.29, 1.82) is 0 Å². The van der Waals surface area contributed by atoms with Crippen LogP contribution in [-0.2, 0) is 17.5 Å². The lowest BCUT2D eigenvalue weighted by Crippen LogP contribution is -2.16. The van der Waals surface area contributed by atoms with E-state index in [1.807, 2.05) is 12.1 Å². The summed E-state index contributed by atoms with van der Waals surface area (Å²) in [5.74, 6) is -0.593. The molecule has 2 aromatic carbocycles. The second-order valence-electron chi connectivity index (χ2n) is 9.04. The van der Waals surface area contributed by atoms with E-state index < -0.39 is 17.7 Å². The van der Waals surface area contributed by atoms with Gasteiger partial charge < -0.3 is 14.9 Å². The van der Waals surface area contributed by atoms with Crippen LogP contribution in [0.3, 0.4) is 0 Å². The van der Waals surface area contributed by atoms with Gasteiger partial charge in [-0.2, -0.15) is 18.2 Å². The molecule has 0 bridgehead atoms. The average Bonchev–Trinajstić information content (AvgIpc) is 3.34. The molecule has 0 amide bonds. The number of carbonyl (C=O) groups is 1. The van der Waals surface area contributed by atoms with E-state index in [0.29, 0.717) is 30.6 Å². The van der Waals surface area contributed by atoms with E-state index in [4.69, 9.17) is 9.63 Å². The van der Waals surface area contributed by atoms with Crippen molar-refractivity contribution in [3.63, 3.8) is 0 Å². The maximum absolute atomic E-state index is 13.9. The SMILES string of the molecule is O=C(O)CCCNCc1ccc(-c2noc(-c3ccc(C4CCCCC4)c(C(F)(F)F)c3)n2)cc1Br. The highest BCUT2D eigenvalue weighted by atomic mass is 79.9. The fourth-order valence-corrected chi connectivity index (χ4v) is 5.10. The van der Waals surface area contributed by atoms with Crippen molar-refractivity contribution in [3.8, 4) is 22.8 Å². The third-order valence-corrected chi connectivity index (χ3v) is 7.19. The van der Waals surface area contributed by atoms with Crippen molar-refractivity contribution in [3.05, 3.63) is 57.6 Å². The number of alkyl halides is 3. The highest BCUT2D eigenvalue weighted by Crippen LogP contribution is 2.42. The minimum atomic E-state index is -4.46. The van der Waals surface area contributed by atoms with E-state index >= 15 is 0 Å². The van der Waals surface area contributed by atoms with Crippen molar-refractivity contribution in [1.82, 2.24) is 15.5 Å². The summed E-state index contributed by atoms with van der Waals surface area (Å²) in [6.45, 7) is 1.12. The summed E-state index contributed by atoms with van der Waals surface area (Å²) in [5, 5.41) is 15.9. The largest absolute Gasteiger partial charge is 0.481 e. The lowest BCUT2D eigenvalue weighted by molar-refractivity contribution is -0.138. The molecule has 0 saturated heterocycles. The van der Waals surface area contributed by atoms with E-state index in [9.17, 15) is 18.0 Å². The molecule has 0 atom stereocenters. The summed E-state index contributed by atoms with van der Waals surface area (Å²) in [7, 11) is 0. The average molecular weight is 566 g/mol. The van der Waals surface area contributed by atoms with Gasteiger partial charge >= 0.3 is 12.1 Å².